The van der Waals surface area contributed by atoms with Crippen molar-refractivity contribution in [3.05, 3.63) is 60.8 Å². The quantitative estimate of drug-likeness (QED) is 0.0146. The molecule has 0 heterocycles. The molecule has 13 nitrogen and oxygen atoms in total. The molecule has 0 saturated heterocycles. The molecule has 64 heavy (non-hydrogen) atoms. The van der Waals surface area contributed by atoms with E-state index in [0.717, 1.165) is 64.2 Å². The summed E-state index contributed by atoms with van der Waals surface area (Å²) in [5.41, 5.74) is 0. The van der Waals surface area contributed by atoms with Crippen molar-refractivity contribution in [1.29, 1.82) is 0 Å². The van der Waals surface area contributed by atoms with Gasteiger partial charge < -0.3 is 39.9 Å². The predicted molar refractivity (Wildman–Crippen MR) is 253 cm³/mol. The highest BCUT2D eigenvalue weighted by Gasteiger charge is 2.51. The Morgan fingerprint density at radius 3 is 1.34 bits per heavy atom. The van der Waals surface area contributed by atoms with E-state index in [9.17, 15) is 44.6 Å². The van der Waals surface area contributed by atoms with Gasteiger partial charge in [-0.2, -0.15) is 0 Å². The summed E-state index contributed by atoms with van der Waals surface area (Å²) in [5, 5.41) is 50.2. The molecule has 1 aliphatic rings. The second-order valence-electron chi connectivity index (χ2n) is 17.0. The van der Waals surface area contributed by atoms with Gasteiger partial charge >= 0.3 is 19.8 Å². The number of aliphatic hydroxyl groups is 5. The maximum atomic E-state index is 12.8. The van der Waals surface area contributed by atoms with E-state index in [1.807, 2.05) is 12.2 Å². The minimum absolute atomic E-state index is 0.0729. The fraction of sp³-hybridized carbons (Fsp3) is 0.760. The number of carbonyl (C=O) groups is 2. The molecule has 0 aromatic carbocycles. The van der Waals surface area contributed by atoms with E-state index in [2.05, 4.69) is 62.5 Å². The maximum Gasteiger partial charge on any atom is 0.472 e. The first-order chi connectivity index (χ1) is 30.9. The van der Waals surface area contributed by atoms with Gasteiger partial charge in [-0.25, -0.2) is 4.57 Å². The number of carbonyl (C=O) groups excluding carboxylic acids is 2. The lowest BCUT2D eigenvalue weighted by Crippen LogP contribution is -2.64. The average Bonchev–Trinajstić information content (AvgIpc) is 3.28. The summed E-state index contributed by atoms with van der Waals surface area (Å²) in [6.45, 7) is 3.23. The molecule has 8 atom stereocenters. The number of phosphoric ester groups is 1. The predicted octanol–water partition coefficient (Wildman–Crippen LogP) is 10.1. The molecule has 1 saturated carbocycles. The number of aliphatic hydroxyl groups excluding tert-OH is 5. The van der Waals surface area contributed by atoms with Crippen molar-refractivity contribution >= 4 is 19.8 Å². The van der Waals surface area contributed by atoms with Crippen LogP contribution in [0.15, 0.2) is 60.8 Å². The van der Waals surface area contributed by atoms with Crippen LogP contribution in [0.4, 0.5) is 0 Å². The van der Waals surface area contributed by atoms with E-state index in [0.29, 0.717) is 19.3 Å². The van der Waals surface area contributed by atoms with E-state index >= 15 is 0 Å². The Morgan fingerprint density at radius 1 is 0.484 bits per heavy atom. The second-order valence-corrected chi connectivity index (χ2v) is 18.4. The number of hydrogen-bond donors (Lipinski definition) is 6. The third-order valence-corrected chi connectivity index (χ3v) is 12.1. The molecule has 1 rings (SSSR count). The van der Waals surface area contributed by atoms with Crippen LogP contribution in [-0.4, -0.2) is 98.3 Å². The summed E-state index contributed by atoms with van der Waals surface area (Å²) in [4.78, 5) is 35.7. The molecule has 0 amide bonds. The Bertz CT molecular complexity index is 1350. The van der Waals surface area contributed by atoms with Gasteiger partial charge in [-0.05, 0) is 77.0 Å². The van der Waals surface area contributed by atoms with Crippen molar-refractivity contribution in [2.75, 3.05) is 13.2 Å². The number of esters is 2. The molecule has 0 aliphatic heterocycles. The average molecular weight is 927 g/mol. The number of ether oxygens (including phenoxy) is 2. The van der Waals surface area contributed by atoms with E-state index in [1.165, 1.54) is 77.0 Å². The fourth-order valence-corrected chi connectivity index (χ4v) is 8.07. The van der Waals surface area contributed by atoms with Gasteiger partial charge in [0.25, 0.3) is 0 Å². The van der Waals surface area contributed by atoms with Gasteiger partial charge in [-0.1, -0.05) is 158 Å². The zero-order valence-electron chi connectivity index (χ0n) is 39.3. The normalized spacial score (nSPS) is 22.1. The fourth-order valence-electron chi connectivity index (χ4n) is 7.10. The van der Waals surface area contributed by atoms with E-state index in [4.69, 9.17) is 18.5 Å². The van der Waals surface area contributed by atoms with Crippen molar-refractivity contribution in [3.8, 4) is 0 Å². The molecule has 0 aromatic heterocycles. The second kappa shape index (κ2) is 39.7. The lowest BCUT2D eigenvalue weighted by Gasteiger charge is -2.41. The van der Waals surface area contributed by atoms with E-state index < -0.39 is 75.7 Å². The smallest absolute Gasteiger partial charge is 0.462 e. The van der Waals surface area contributed by atoms with Crippen LogP contribution in [0.5, 0.6) is 0 Å². The number of hydrogen-bond acceptors (Lipinski definition) is 12. The standard InChI is InChI=1S/C50H87O13P/c1-3-5-7-9-11-13-15-17-19-20-21-22-23-24-25-27-28-30-32-34-36-38-43(51)60-40-42(41-61-64(58,59)63-50-48(56)46(54)45(53)47(55)49(50)57)62-44(52)39-37-35-33-31-29-26-18-16-14-12-10-8-6-4-2/h16,18-20,22-23,25,27,30,32,42,45-50,53-57H,3-15,17,21,24,26,28-29,31,33-41H2,1-2H3,(H,58,59)/b18-16+,20-19+,23-22+,27-25+,32-30+/t42-,45?,46-,47?,48?,49?,50?/m0/s1. The topological polar surface area (TPSA) is 210 Å². The van der Waals surface area contributed by atoms with Crippen molar-refractivity contribution in [3.63, 3.8) is 0 Å². The third kappa shape index (κ3) is 31.5. The Balaban J connectivity index is 2.47. The summed E-state index contributed by atoms with van der Waals surface area (Å²) in [5.74, 6) is -1.18. The minimum atomic E-state index is -5.14. The minimum Gasteiger partial charge on any atom is -0.462 e. The number of unbranched alkanes of at least 4 members (excludes halogenated alkanes) is 18. The molecule has 0 spiro atoms. The van der Waals surface area contributed by atoms with Crippen molar-refractivity contribution < 1.29 is 63.1 Å². The van der Waals surface area contributed by atoms with Crippen LogP contribution < -0.4 is 0 Å². The summed E-state index contributed by atoms with van der Waals surface area (Å²) in [6.07, 6.45) is 35.7. The maximum absolute atomic E-state index is 12.8. The van der Waals surface area contributed by atoms with Crippen LogP contribution in [-0.2, 0) is 32.7 Å². The zero-order chi connectivity index (χ0) is 47.1. The van der Waals surface area contributed by atoms with Gasteiger partial charge in [0.2, 0.25) is 0 Å². The molecule has 0 bridgehead atoms. The van der Waals surface area contributed by atoms with Gasteiger partial charge in [0.15, 0.2) is 6.10 Å². The molecule has 0 aromatic rings. The third-order valence-electron chi connectivity index (χ3n) is 11.1. The van der Waals surface area contributed by atoms with Crippen molar-refractivity contribution in [2.45, 2.75) is 230 Å². The monoisotopic (exact) mass is 927 g/mol. The van der Waals surface area contributed by atoms with Gasteiger partial charge in [0.05, 0.1) is 6.61 Å². The van der Waals surface area contributed by atoms with E-state index in [1.54, 1.807) is 0 Å². The number of phosphoric acid groups is 1. The highest BCUT2D eigenvalue weighted by Crippen LogP contribution is 2.47. The number of rotatable bonds is 40. The molecule has 6 unspecified atom stereocenters. The van der Waals surface area contributed by atoms with Crippen LogP contribution in [0.1, 0.15) is 187 Å². The van der Waals surface area contributed by atoms with Crippen LogP contribution in [0.2, 0.25) is 0 Å². The van der Waals surface area contributed by atoms with Gasteiger partial charge in [-0.3, -0.25) is 18.6 Å². The molecule has 0 radical (unpaired) electrons. The zero-order valence-corrected chi connectivity index (χ0v) is 40.2. The Labute approximate surface area is 385 Å². The Kier molecular flexibility index (Phi) is 36.9. The Hall–Kier alpha value is -2.45. The molecule has 370 valence electrons. The summed E-state index contributed by atoms with van der Waals surface area (Å²) >= 11 is 0. The van der Waals surface area contributed by atoms with Gasteiger partial charge in [0.1, 0.15) is 43.2 Å². The van der Waals surface area contributed by atoms with Crippen LogP contribution >= 0.6 is 7.82 Å². The molecule has 6 N–H and O–H groups in total. The summed E-state index contributed by atoms with van der Waals surface area (Å²) < 4.78 is 33.5. The van der Waals surface area contributed by atoms with Crippen LogP contribution in [0, 0.1) is 0 Å². The Morgan fingerprint density at radius 2 is 0.859 bits per heavy atom. The lowest BCUT2D eigenvalue weighted by molar-refractivity contribution is -0.220. The molecule has 1 aliphatic carbocycles. The summed E-state index contributed by atoms with van der Waals surface area (Å²) in [7, 11) is -5.14. The number of allylic oxidation sites excluding steroid dienone is 10. The lowest BCUT2D eigenvalue weighted by atomic mass is 9.85. The van der Waals surface area contributed by atoms with Crippen LogP contribution in [0.25, 0.3) is 0 Å². The van der Waals surface area contributed by atoms with Crippen molar-refractivity contribution in [2.24, 2.45) is 0 Å². The van der Waals surface area contributed by atoms with Gasteiger partial charge in [-0.15, -0.1) is 0 Å². The molecule has 14 heteroatoms. The van der Waals surface area contributed by atoms with Gasteiger partial charge in [0, 0.05) is 12.8 Å². The first-order valence-corrected chi connectivity index (χ1v) is 26.1. The first-order valence-electron chi connectivity index (χ1n) is 24.6. The van der Waals surface area contributed by atoms with Crippen molar-refractivity contribution in [1.82, 2.24) is 0 Å². The SMILES string of the molecule is CCCCCCC/C=C/CCCCCCCC(=O)O[C@@H](COC(=O)CCC/C=C/C/C=C/C/C=C/C/C=C/CCCCCCCCC)COP(=O)(O)OC1C(O)C(O)C(O)[C@H](O)C1O. The van der Waals surface area contributed by atoms with E-state index in [-0.39, 0.29) is 12.8 Å². The molecular formula is C50H87O13P. The largest absolute Gasteiger partial charge is 0.472 e. The highest BCUT2D eigenvalue weighted by atomic mass is 31.2. The highest BCUT2D eigenvalue weighted by molar-refractivity contribution is 7.47. The molecule has 1 fully saturated rings. The first kappa shape index (κ1) is 59.6. The summed E-state index contributed by atoms with van der Waals surface area (Å²) in [6, 6.07) is 0. The van der Waals surface area contributed by atoms with Crippen LogP contribution in [0.3, 0.4) is 0 Å². The molecular weight excluding hydrogens is 840 g/mol.